The smallest absolute Gasteiger partial charge is 0.434 e. The lowest BCUT2D eigenvalue weighted by molar-refractivity contribution is -0.385. The van der Waals surface area contributed by atoms with Crippen molar-refractivity contribution in [3.8, 4) is 17.2 Å². The van der Waals surface area contributed by atoms with Crippen molar-refractivity contribution in [1.82, 2.24) is 9.55 Å². The summed E-state index contributed by atoms with van der Waals surface area (Å²) in [6.07, 6.45) is -3.78. The van der Waals surface area contributed by atoms with Crippen LogP contribution in [0.5, 0.6) is 17.2 Å². The second-order valence-corrected chi connectivity index (χ2v) is 19.0. The molecule has 7 aromatic rings. The number of aliphatic hydroxyl groups is 1. The van der Waals surface area contributed by atoms with E-state index in [2.05, 4.69) is 4.98 Å². The molecule has 0 amide bonds. The van der Waals surface area contributed by atoms with Gasteiger partial charge in [-0.2, -0.15) is 0 Å². The van der Waals surface area contributed by atoms with E-state index in [4.69, 9.17) is 37.9 Å². The summed E-state index contributed by atoms with van der Waals surface area (Å²) in [5.74, 6) is 0.0941. The summed E-state index contributed by atoms with van der Waals surface area (Å²) in [5.41, 5.74) is -0.567. The van der Waals surface area contributed by atoms with Gasteiger partial charge in [-0.05, 0) is 98.5 Å². The first kappa shape index (κ1) is 60.0. The Morgan fingerprint density at radius 2 is 0.940 bits per heavy atom. The highest BCUT2D eigenvalue weighted by molar-refractivity contribution is 5.66. The third-order valence-corrected chi connectivity index (χ3v) is 13.5. The third-order valence-electron chi connectivity index (χ3n) is 13.5. The minimum atomic E-state index is -1.75. The molecule has 25 heteroatoms. The van der Waals surface area contributed by atoms with Crippen LogP contribution in [0.3, 0.4) is 0 Å². The Morgan fingerprint density at radius 1 is 0.583 bits per heavy atom. The molecule has 0 spiro atoms. The molecule has 3 atom stereocenters. The highest BCUT2D eigenvalue weighted by atomic mass is 16.7. The number of nitrogens with zero attached hydrogens (tertiary/aromatic N) is 4. The Morgan fingerprint density at radius 3 is 1.30 bits per heavy atom. The number of H-pyrrole nitrogens is 1. The Hall–Kier alpha value is -10.1. The van der Waals surface area contributed by atoms with Gasteiger partial charge in [-0.15, -0.1) is 0 Å². The van der Waals surface area contributed by atoms with Gasteiger partial charge in [-0.25, -0.2) is 19.2 Å². The number of nitro groups is 3. The maximum atomic E-state index is 13.0. The molecular formula is C59H55N5O20. The molecule has 1 aromatic heterocycles. The van der Waals surface area contributed by atoms with Crippen LogP contribution in [0.15, 0.2) is 161 Å². The number of carbonyl (C=O) groups is 3. The zero-order valence-corrected chi connectivity index (χ0v) is 44.9. The first-order valence-corrected chi connectivity index (χ1v) is 26.3. The topological polar surface area (TPSA) is 330 Å². The van der Waals surface area contributed by atoms with Crippen LogP contribution in [0, 0.1) is 37.3 Å². The SMILES string of the molecule is Cc1cn([C@H]2CC(O)[C@@H](COC(c3ccc(OC(=O)OCCCc4ccccc4[N+](=O)[O-])cc3)(c3ccc(OC(=O)OCCCc4ccccc4[N+](=O)[O-])cc3)c3ccc(OC(=O)OCCCc4ccccc4[N+](=O)[O-])cc3)O2)c(=O)[nH]c1=O. The zero-order valence-electron chi connectivity index (χ0n) is 44.9. The van der Waals surface area contributed by atoms with Gasteiger partial charge in [0.15, 0.2) is 0 Å². The van der Waals surface area contributed by atoms with E-state index in [0.29, 0.717) is 33.4 Å². The molecule has 84 heavy (non-hydrogen) atoms. The van der Waals surface area contributed by atoms with Gasteiger partial charge >= 0.3 is 24.2 Å². The molecule has 1 fully saturated rings. The van der Waals surface area contributed by atoms with Gasteiger partial charge in [0, 0.05) is 53.1 Å². The maximum absolute atomic E-state index is 13.0. The van der Waals surface area contributed by atoms with Crippen molar-refractivity contribution in [1.29, 1.82) is 0 Å². The number of hydrogen-bond acceptors (Lipinski definition) is 20. The van der Waals surface area contributed by atoms with E-state index in [1.807, 2.05) is 0 Å². The van der Waals surface area contributed by atoms with Crippen molar-refractivity contribution in [3.63, 3.8) is 0 Å². The normalized spacial score (nSPS) is 14.7. The van der Waals surface area contributed by atoms with Crippen molar-refractivity contribution in [3.05, 3.63) is 242 Å². The molecule has 1 aliphatic heterocycles. The lowest BCUT2D eigenvalue weighted by Gasteiger charge is -2.37. The van der Waals surface area contributed by atoms with E-state index in [0.717, 1.165) is 4.57 Å². The van der Waals surface area contributed by atoms with Crippen LogP contribution in [-0.2, 0) is 48.5 Å². The molecule has 1 aliphatic rings. The highest BCUT2D eigenvalue weighted by Crippen LogP contribution is 2.43. The van der Waals surface area contributed by atoms with Gasteiger partial charge in [0.25, 0.3) is 22.6 Å². The number of ether oxygens (including phenoxy) is 8. The van der Waals surface area contributed by atoms with Crippen molar-refractivity contribution in [2.75, 3.05) is 26.4 Å². The van der Waals surface area contributed by atoms with Gasteiger partial charge in [-0.3, -0.25) is 44.7 Å². The summed E-state index contributed by atoms with van der Waals surface area (Å²) in [6.45, 7) is 0.765. The molecule has 1 saturated heterocycles. The molecule has 0 aliphatic carbocycles. The first-order valence-electron chi connectivity index (χ1n) is 26.3. The van der Waals surface area contributed by atoms with Crippen LogP contribution >= 0.6 is 0 Å². The standard InChI is InChI=1S/C59H55N5O20/c1-38-36-61(55(67)60-54(38)66)53-35-51(65)52(84-53)37-80-59(42-20-26-45(27-21-42)81-56(68)77-32-8-14-39-11-2-5-17-48(39)62(71)72,43-22-28-46(29-23-43)82-57(69)78-33-9-15-40-12-3-6-18-49(40)63(73)74)44-24-30-47(31-25-44)83-58(70)79-34-10-16-41-13-4-7-19-50(41)64(75)76/h2-7,11-13,17-31,36,51-53,65H,8-10,14-16,32-35,37H2,1H3,(H,60,66,67)/t51?,52-,53-/m1/s1. The number of aliphatic hydroxyl groups excluding tert-OH is 1. The molecule has 436 valence electrons. The van der Waals surface area contributed by atoms with Crippen molar-refractivity contribution < 1.29 is 72.2 Å². The molecule has 1 unspecified atom stereocenters. The quantitative estimate of drug-likeness (QED) is 0.0102. The molecule has 25 nitrogen and oxygen atoms in total. The van der Waals surface area contributed by atoms with E-state index >= 15 is 0 Å². The number of rotatable bonds is 25. The van der Waals surface area contributed by atoms with E-state index in [9.17, 15) is 59.4 Å². The van der Waals surface area contributed by atoms with E-state index in [1.54, 1.807) is 91.0 Å². The number of nitro benzene ring substituents is 3. The molecule has 2 N–H and O–H groups in total. The van der Waals surface area contributed by atoms with Crippen LogP contribution in [-0.4, -0.2) is 86.5 Å². The van der Waals surface area contributed by atoms with Gasteiger partial charge < -0.3 is 43.0 Å². The maximum Gasteiger partial charge on any atom is 0.513 e. The van der Waals surface area contributed by atoms with E-state index in [-0.39, 0.29) is 111 Å². The lowest BCUT2D eigenvalue weighted by Crippen LogP contribution is -2.38. The van der Waals surface area contributed by atoms with Crippen LogP contribution in [0.4, 0.5) is 31.4 Å². The molecule has 2 heterocycles. The van der Waals surface area contributed by atoms with Crippen molar-refractivity contribution in [2.45, 2.75) is 75.9 Å². The zero-order chi connectivity index (χ0) is 59.8. The Balaban J connectivity index is 1.05. The summed E-state index contributed by atoms with van der Waals surface area (Å²) >= 11 is 0. The fraction of sp³-hybridized carbons (Fsp3) is 0.271. The molecule has 8 rings (SSSR count). The fourth-order valence-electron chi connectivity index (χ4n) is 9.40. The summed E-state index contributed by atoms with van der Waals surface area (Å²) in [6, 6.07) is 36.8. The van der Waals surface area contributed by atoms with E-state index < -0.39 is 68.5 Å². The van der Waals surface area contributed by atoms with Crippen LogP contribution in [0.1, 0.15) is 70.9 Å². The van der Waals surface area contributed by atoms with Crippen LogP contribution < -0.4 is 25.5 Å². The highest BCUT2D eigenvalue weighted by Gasteiger charge is 2.42. The second kappa shape index (κ2) is 28.0. The van der Waals surface area contributed by atoms with Gasteiger partial charge in [-0.1, -0.05) is 91.0 Å². The predicted molar refractivity (Wildman–Crippen MR) is 296 cm³/mol. The summed E-state index contributed by atoms with van der Waals surface area (Å²) in [4.78, 5) is 99.2. The number of hydrogen-bond donors (Lipinski definition) is 2. The van der Waals surface area contributed by atoms with Crippen molar-refractivity contribution in [2.24, 2.45) is 0 Å². The Bertz CT molecular complexity index is 3310. The first-order chi connectivity index (χ1) is 40.5. The molecule has 0 saturated carbocycles. The molecule has 6 aromatic carbocycles. The monoisotopic (exact) mass is 1150 g/mol. The number of carbonyl (C=O) groups excluding carboxylic acids is 3. The van der Waals surface area contributed by atoms with Gasteiger partial charge in [0.2, 0.25) is 0 Å². The number of aromatic nitrogens is 2. The average Bonchev–Trinajstić information content (AvgIpc) is 3.20. The molecular weight excluding hydrogens is 1100 g/mol. The average molecular weight is 1150 g/mol. The second-order valence-electron chi connectivity index (χ2n) is 19.0. The van der Waals surface area contributed by atoms with Crippen molar-refractivity contribution >= 4 is 35.5 Å². The fourth-order valence-corrected chi connectivity index (χ4v) is 9.40. The number of nitrogens with one attached hydrogen (secondary N) is 1. The predicted octanol–water partition coefficient (Wildman–Crippen LogP) is 9.67. The Kier molecular flexibility index (Phi) is 20.0. The number of benzene rings is 6. The number of aryl methyl sites for hydroxylation is 4. The number of aromatic amines is 1. The summed E-state index contributed by atoms with van der Waals surface area (Å²) < 4.78 is 46.8. The van der Waals surface area contributed by atoms with Crippen LogP contribution in [0.2, 0.25) is 0 Å². The molecule has 0 radical (unpaired) electrons. The number of para-hydroxylation sites is 3. The largest absolute Gasteiger partial charge is 0.513 e. The minimum absolute atomic E-state index is 0.0314. The minimum Gasteiger partial charge on any atom is -0.434 e. The van der Waals surface area contributed by atoms with E-state index in [1.165, 1.54) is 67.7 Å². The Labute approximate surface area is 477 Å². The third kappa shape index (κ3) is 15.3. The van der Waals surface area contributed by atoms with Gasteiger partial charge in [0.1, 0.15) is 35.2 Å². The summed E-state index contributed by atoms with van der Waals surface area (Å²) in [7, 11) is 0. The lowest BCUT2D eigenvalue weighted by atomic mass is 9.80. The van der Waals surface area contributed by atoms with Gasteiger partial charge in [0.05, 0.1) is 47.3 Å². The summed E-state index contributed by atoms with van der Waals surface area (Å²) in [5, 5.41) is 45.9. The molecule has 0 bridgehead atoms. The van der Waals surface area contributed by atoms with Crippen LogP contribution in [0.25, 0.3) is 0 Å².